The van der Waals surface area contributed by atoms with E-state index < -0.39 is 0 Å². The zero-order chi connectivity index (χ0) is 12.7. The molecule has 2 aromatic rings. The Morgan fingerprint density at radius 1 is 1.28 bits per heavy atom. The van der Waals surface area contributed by atoms with Crippen molar-refractivity contribution in [3.8, 4) is 11.4 Å². The fraction of sp³-hybridized carbons (Fsp3) is 0.333. The summed E-state index contributed by atoms with van der Waals surface area (Å²) in [7, 11) is 0. The lowest BCUT2D eigenvalue weighted by molar-refractivity contribution is 1.06. The van der Waals surface area contributed by atoms with Crippen LogP contribution in [0.3, 0.4) is 0 Å². The molecule has 0 fully saturated rings. The predicted octanol–water partition coefficient (Wildman–Crippen LogP) is 2.85. The maximum absolute atomic E-state index is 5.57. The second-order valence-corrected chi connectivity index (χ2v) is 6.73. The van der Waals surface area contributed by atoms with Gasteiger partial charge in [0.1, 0.15) is 5.82 Å². The number of rotatable bonds is 2. The quantitative estimate of drug-likeness (QED) is 0.653. The summed E-state index contributed by atoms with van der Waals surface area (Å²) in [5, 5.41) is 0. The van der Waals surface area contributed by atoms with Gasteiger partial charge in [-0.05, 0) is 19.9 Å². The number of thiophene rings is 1. The maximum atomic E-state index is 5.57. The normalized spacial score (nSPS) is 13.7. The predicted molar refractivity (Wildman–Crippen MR) is 77.6 cm³/mol. The van der Waals surface area contributed by atoms with E-state index >= 15 is 0 Å². The Balaban J connectivity index is 2.16. The number of hydrogen-bond acceptors (Lipinski definition) is 6. The first-order valence-corrected chi connectivity index (χ1v) is 7.67. The fourth-order valence-corrected chi connectivity index (χ4v) is 4.11. The Bertz CT molecular complexity index is 606. The molecule has 2 aromatic heterocycles. The van der Waals surface area contributed by atoms with Crippen molar-refractivity contribution < 1.29 is 0 Å². The summed E-state index contributed by atoms with van der Waals surface area (Å²) in [5.74, 6) is 9.00. The summed E-state index contributed by atoms with van der Waals surface area (Å²) in [6.07, 6.45) is 0. The molecule has 0 saturated heterocycles. The summed E-state index contributed by atoms with van der Waals surface area (Å²) in [6.45, 7) is 4.21. The molecule has 3 heterocycles. The van der Waals surface area contributed by atoms with Gasteiger partial charge in [0.2, 0.25) is 0 Å². The third-order valence-corrected chi connectivity index (χ3v) is 4.93. The number of fused-ring (bicyclic) bond motifs is 1. The minimum atomic E-state index is 0.767. The van der Waals surface area contributed by atoms with Crippen LogP contribution in [0.2, 0.25) is 0 Å². The summed E-state index contributed by atoms with van der Waals surface area (Å²) < 4.78 is 0. The summed E-state index contributed by atoms with van der Waals surface area (Å²) in [6, 6.07) is 2.14. The van der Waals surface area contributed by atoms with E-state index in [4.69, 9.17) is 5.84 Å². The van der Waals surface area contributed by atoms with E-state index in [0.717, 1.165) is 40.0 Å². The minimum absolute atomic E-state index is 0.767. The summed E-state index contributed by atoms with van der Waals surface area (Å²) in [4.78, 5) is 11.8. The topological polar surface area (TPSA) is 63.8 Å². The molecular formula is C12H14N4S2. The number of nitrogens with zero attached hydrogens (tertiary/aromatic N) is 2. The van der Waals surface area contributed by atoms with Crippen LogP contribution in [0.25, 0.3) is 11.4 Å². The highest BCUT2D eigenvalue weighted by atomic mass is 32.2. The Morgan fingerprint density at radius 3 is 2.78 bits per heavy atom. The molecule has 6 heteroatoms. The SMILES string of the molecule is Cc1cc(-c2nc3c(c(NN)n2)CSC3)c(C)s1. The molecule has 1 aliphatic heterocycles. The molecule has 0 radical (unpaired) electrons. The molecule has 0 unspecified atom stereocenters. The second kappa shape index (κ2) is 4.53. The number of anilines is 1. The molecule has 0 amide bonds. The lowest BCUT2D eigenvalue weighted by Crippen LogP contribution is -2.12. The van der Waals surface area contributed by atoms with Gasteiger partial charge >= 0.3 is 0 Å². The molecule has 1 aliphatic rings. The molecule has 0 aromatic carbocycles. The molecule has 3 N–H and O–H groups in total. The lowest BCUT2D eigenvalue weighted by Gasteiger charge is -2.08. The third kappa shape index (κ3) is 1.90. The maximum Gasteiger partial charge on any atom is 0.162 e. The van der Waals surface area contributed by atoms with E-state index in [0.29, 0.717) is 0 Å². The zero-order valence-corrected chi connectivity index (χ0v) is 11.9. The number of nitrogens with two attached hydrogens (primary N) is 1. The van der Waals surface area contributed by atoms with Gasteiger partial charge in [0, 0.05) is 32.4 Å². The number of aromatic nitrogens is 2. The van der Waals surface area contributed by atoms with Crippen LogP contribution in [-0.2, 0) is 11.5 Å². The molecule has 0 bridgehead atoms. The van der Waals surface area contributed by atoms with Crippen LogP contribution in [-0.4, -0.2) is 9.97 Å². The van der Waals surface area contributed by atoms with Gasteiger partial charge in [-0.15, -0.1) is 11.3 Å². The highest BCUT2D eigenvalue weighted by Crippen LogP contribution is 2.36. The summed E-state index contributed by atoms with van der Waals surface area (Å²) >= 11 is 3.62. The lowest BCUT2D eigenvalue weighted by atomic mass is 10.2. The van der Waals surface area contributed by atoms with Gasteiger partial charge in [-0.25, -0.2) is 15.8 Å². The van der Waals surface area contributed by atoms with Crippen LogP contribution >= 0.6 is 23.1 Å². The van der Waals surface area contributed by atoms with Crippen LogP contribution in [0.4, 0.5) is 5.82 Å². The molecule has 0 spiro atoms. The third-order valence-electron chi connectivity index (χ3n) is 3.00. The van der Waals surface area contributed by atoms with Crippen LogP contribution < -0.4 is 11.3 Å². The van der Waals surface area contributed by atoms with Gasteiger partial charge in [0.05, 0.1) is 5.69 Å². The molecule has 18 heavy (non-hydrogen) atoms. The first-order chi connectivity index (χ1) is 8.69. The average Bonchev–Trinajstić information content (AvgIpc) is 2.93. The van der Waals surface area contributed by atoms with E-state index in [9.17, 15) is 0 Å². The molecule has 94 valence electrons. The van der Waals surface area contributed by atoms with E-state index in [1.165, 1.54) is 9.75 Å². The van der Waals surface area contributed by atoms with Crippen molar-refractivity contribution in [3.63, 3.8) is 0 Å². The Hall–Kier alpha value is -1.11. The highest BCUT2D eigenvalue weighted by molar-refractivity contribution is 7.98. The summed E-state index contributed by atoms with van der Waals surface area (Å²) in [5.41, 5.74) is 6.08. The van der Waals surface area contributed by atoms with Crippen LogP contribution in [0.1, 0.15) is 21.0 Å². The first-order valence-electron chi connectivity index (χ1n) is 5.70. The van der Waals surface area contributed by atoms with Crippen LogP contribution in [0, 0.1) is 13.8 Å². The highest BCUT2D eigenvalue weighted by Gasteiger charge is 2.20. The van der Waals surface area contributed by atoms with Crippen molar-refractivity contribution in [2.75, 3.05) is 5.43 Å². The molecule has 0 aliphatic carbocycles. The zero-order valence-electron chi connectivity index (χ0n) is 10.3. The number of thioether (sulfide) groups is 1. The van der Waals surface area contributed by atoms with Crippen molar-refractivity contribution in [2.24, 2.45) is 5.84 Å². The van der Waals surface area contributed by atoms with Gasteiger partial charge in [-0.1, -0.05) is 0 Å². The molecular weight excluding hydrogens is 264 g/mol. The van der Waals surface area contributed by atoms with Gasteiger partial charge < -0.3 is 5.43 Å². The first kappa shape index (κ1) is 12.0. The average molecular weight is 278 g/mol. The number of nitrogens with one attached hydrogen (secondary N) is 1. The van der Waals surface area contributed by atoms with Gasteiger partial charge in [-0.3, -0.25) is 0 Å². The standard InChI is InChI=1S/C12H14N4S2/c1-6-3-8(7(2)18-6)11-14-10-5-17-4-9(10)12(15-11)16-13/h3H,4-5,13H2,1-2H3,(H,14,15,16). The Morgan fingerprint density at radius 2 is 2.11 bits per heavy atom. The van der Waals surface area contributed by atoms with E-state index in [2.05, 4.69) is 35.3 Å². The van der Waals surface area contributed by atoms with Crippen LogP contribution in [0.5, 0.6) is 0 Å². The van der Waals surface area contributed by atoms with Crippen molar-refractivity contribution in [1.82, 2.24) is 9.97 Å². The van der Waals surface area contributed by atoms with Gasteiger partial charge in [-0.2, -0.15) is 11.8 Å². The molecule has 4 nitrogen and oxygen atoms in total. The largest absolute Gasteiger partial charge is 0.308 e. The van der Waals surface area contributed by atoms with E-state index in [1.54, 1.807) is 11.3 Å². The smallest absolute Gasteiger partial charge is 0.162 e. The van der Waals surface area contributed by atoms with E-state index in [-0.39, 0.29) is 0 Å². The van der Waals surface area contributed by atoms with Gasteiger partial charge in [0.25, 0.3) is 0 Å². The molecule has 0 atom stereocenters. The Kier molecular flexibility index (Phi) is 3.01. The monoisotopic (exact) mass is 278 g/mol. The number of hydrazine groups is 1. The van der Waals surface area contributed by atoms with E-state index in [1.807, 2.05) is 11.8 Å². The van der Waals surface area contributed by atoms with Crippen molar-refractivity contribution >= 4 is 28.9 Å². The minimum Gasteiger partial charge on any atom is -0.308 e. The fourth-order valence-electron chi connectivity index (χ4n) is 2.14. The Labute approximate surface area is 114 Å². The molecule has 0 saturated carbocycles. The number of nitrogen functional groups attached to an aromatic ring is 1. The second-order valence-electron chi connectivity index (χ2n) is 4.29. The van der Waals surface area contributed by atoms with Crippen molar-refractivity contribution in [2.45, 2.75) is 25.4 Å². The van der Waals surface area contributed by atoms with Crippen molar-refractivity contribution in [3.05, 3.63) is 27.1 Å². The van der Waals surface area contributed by atoms with Crippen molar-refractivity contribution in [1.29, 1.82) is 0 Å². The number of hydrogen-bond donors (Lipinski definition) is 2. The molecule has 3 rings (SSSR count). The van der Waals surface area contributed by atoms with Gasteiger partial charge in [0.15, 0.2) is 5.82 Å². The van der Waals surface area contributed by atoms with Crippen LogP contribution in [0.15, 0.2) is 6.07 Å². The number of aryl methyl sites for hydroxylation is 2.